The maximum Gasteiger partial charge on any atom is -0.147 e. The molecule has 0 atom stereocenters. The van der Waals surface area contributed by atoms with Crippen LogP contribution in [0.1, 0.15) is 26.7 Å². The second-order valence-electron chi connectivity index (χ2n) is 3.00. The van der Waals surface area contributed by atoms with Gasteiger partial charge in [-0.2, -0.15) is 0 Å². The summed E-state index contributed by atoms with van der Waals surface area (Å²) in [5, 5.41) is 11.9. The average Bonchev–Trinajstić information content (AvgIpc) is 1.87. The van der Waals surface area contributed by atoms with Crippen molar-refractivity contribution < 1.29 is 5.11 Å². The first-order valence-electron chi connectivity index (χ1n) is 4.20. The van der Waals surface area contributed by atoms with E-state index in [1.54, 1.807) is 0 Å². The van der Waals surface area contributed by atoms with E-state index in [-0.39, 0.29) is 18.5 Å². The Morgan fingerprint density at radius 2 is 1.73 bits per heavy atom. The monoisotopic (exact) mass is 240 g/mol. The molecule has 0 aromatic heterocycles. The summed E-state index contributed by atoms with van der Waals surface area (Å²) in [6, 6.07) is 0. The van der Waals surface area contributed by atoms with Gasteiger partial charge in [-0.25, -0.2) is 0 Å². The first-order valence-corrected chi connectivity index (χ1v) is 7.93. The van der Waals surface area contributed by atoms with Gasteiger partial charge in [-0.05, 0) is 0 Å². The van der Waals surface area contributed by atoms with Crippen molar-refractivity contribution in [2.45, 2.75) is 47.9 Å². The second-order valence-corrected chi connectivity index (χ2v) is 9.66. The van der Waals surface area contributed by atoms with Crippen molar-refractivity contribution in [3.05, 3.63) is 0 Å². The Morgan fingerprint density at radius 3 is 2.00 bits per heavy atom. The van der Waals surface area contributed by atoms with E-state index < -0.39 is 14.7 Å². The normalized spacial score (nSPS) is 29.5. The minimum absolute atomic E-state index is 0. The number of aliphatic hydroxyl groups excluding tert-OH is 1. The van der Waals surface area contributed by atoms with Crippen LogP contribution in [0.4, 0.5) is 0 Å². The van der Waals surface area contributed by atoms with Crippen LogP contribution in [0.15, 0.2) is 0 Å². The van der Waals surface area contributed by atoms with E-state index in [1.807, 2.05) is 0 Å². The molecule has 0 spiro atoms. The SMILES string of the molecule is CC[As](CC)C1CC(O)C1.Cl. The average molecular weight is 241 g/mol. The van der Waals surface area contributed by atoms with Gasteiger partial charge < -0.3 is 0 Å². The topological polar surface area (TPSA) is 20.2 Å². The Morgan fingerprint density at radius 1 is 1.27 bits per heavy atom. The third-order valence-electron chi connectivity index (χ3n) is 2.42. The Balaban J connectivity index is 0.000001000. The number of hydrogen-bond acceptors (Lipinski definition) is 1. The van der Waals surface area contributed by atoms with Gasteiger partial charge in [-0.1, -0.05) is 0 Å². The first-order chi connectivity index (χ1) is 4.77. The Labute approximate surface area is 80.2 Å². The zero-order valence-electron chi connectivity index (χ0n) is 7.29. The maximum absolute atomic E-state index is 9.08. The molecule has 1 fully saturated rings. The van der Waals surface area contributed by atoms with Gasteiger partial charge in [0.1, 0.15) is 0 Å². The minimum Gasteiger partial charge on any atom is -0.147 e. The van der Waals surface area contributed by atoms with E-state index in [0.717, 1.165) is 17.5 Å². The molecule has 3 heteroatoms. The summed E-state index contributed by atoms with van der Waals surface area (Å²) in [4.78, 5) is 0. The number of halogens is 1. The van der Waals surface area contributed by atoms with Gasteiger partial charge in [-0.3, -0.25) is 0 Å². The van der Waals surface area contributed by atoms with Crippen molar-refractivity contribution in [1.29, 1.82) is 0 Å². The van der Waals surface area contributed by atoms with Gasteiger partial charge in [0.05, 0.1) is 0 Å². The van der Waals surface area contributed by atoms with Crippen molar-refractivity contribution in [1.82, 2.24) is 0 Å². The van der Waals surface area contributed by atoms with Gasteiger partial charge in [0.2, 0.25) is 0 Å². The van der Waals surface area contributed by atoms with Crippen molar-refractivity contribution in [2.75, 3.05) is 0 Å². The maximum atomic E-state index is 9.08. The van der Waals surface area contributed by atoms with Crippen molar-refractivity contribution in [2.24, 2.45) is 0 Å². The van der Waals surface area contributed by atoms with Crippen LogP contribution in [0.5, 0.6) is 0 Å². The van der Waals surface area contributed by atoms with Gasteiger partial charge in [-0.15, -0.1) is 12.4 Å². The summed E-state index contributed by atoms with van der Waals surface area (Å²) >= 11 is -0.462. The molecule has 1 aliphatic carbocycles. The fourth-order valence-corrected chi connectivity index (χ4v) is 6.97. The predicted molar refractivity (Wildman–Crippen MR) is 53.0 cm³/mol. The van der Waals surface area contributed by atoms with E-state index in [0.29, 0.717) is 0 Å². The van der Waals surface area contributed by atoms with Crippen molar-refractivity contribution >= 4 is 27.1 Å². The van der Waals surface area contributed by atoms with Crippen LogP contribution in [0.25, 0.3) is 0 Å². The van der Waals surface area contributed by atoms with Crippen LogP contribution in [0, 0.1) is 0 Å². The standard InChI is InChI=1S/C8H17AsO.ClH/c1-3-9(4-2)7-5-8(10)6-7;/h7-8,10H,3-6H2,1-2H3;1H. The molecule has 0 aliphatic heterocycles. The molecule has 11 heavy (non-hydrogen) atoms. The van der Waals surface area contributed by atoms with Crippen LogP contribution in [-0.4, -0.2) is 25.9 Å². The molecule has 1 rings (SSSR count). The Kier molecular flexibility index (Phi) is 5.85. The second kappa shape index (κ2) is 5.45. The molecule has 0 aromatic carbocycles. The van der Waals surface area contributed by atoms with Crippen LogP contribution < -0.4 is 0 Å². The van der Waals surface area contributed by atoms with Crippen LogP contribution in [0.3, 0.4) is 0 Å². The molecule has 0 heterocycles. The molecular formula is C8H18AsClO. The molecule has 68 valence electrons. The fraction of sp³-hybridized carbons (Fsp3) is 1.00. The van der Waals surface area contributed by atoms with Crippen molar-refractivity contribution in [3.8, 4) is 0 Å². The van der Waals surface area contributed by atoms with E-state index in [4.69, 9.17) is 5.11 Å². The zero-order valence-corrected chi connectivity index (χ0v) is 9.98. The molecule has 1 N–H and O–H groups in total. The largest absolute Gasteiger partial charge is 0.147 e. The molecule has 0 saturated heterocycles. The van der Waals surface area contributed by atoms with E-state index in [2.05, 4.69) is 13.8 Å². The molecule has 1 aliphatic rings. The molecule has 1 saturated carbocycles. The minimum atomic E-state index is -0.462. The van der Waals surface area contributed by atoms with Crippen molar-refractivity contribution in [3.63, 3.8) is 0 Å². The third-order valence-corrected chi connectivity index (χ3v) is 8.88. The molecule has 1 nitrogen and oxygen atoms in total. The van der Waals surface area contributed by atoms with E-state index in [9.17, 15) is 0 Å². The van der Waals surface area contributed by atoms with Crippen LogP contribution in [-0.2, 0) is 0 Å². The van der Waals surface area contributed by atoms with E-state index in [1.165, 1.54) is 10.4 Å². The molecule has 0 amide bonds. The smallest absolute Gasteiger partial charge is 0.147 e. The Bertz CT molecular complexity index is 100. The zero-order chi connectivity index (χ0) is 7.56. The molecule has 0 unspecified atom stereocenters. The number of hydrogen-bond donors (Lipinski definition) is 1. The van der Waals surface area contributed by atoms with Gasteiger partial charge in [0.25, 0.3) is 0 Å². The summed E-state index contributed by atoms with van der Waals surface area (Å²) < 4.78 is 0.984. The molecular weight excluding hydrogens is 222 g/mol. The quantitative estimate of drug-likeness (QED) is 0.752. The predicted octanol–water partition coefficient (Wildman–Crippen LogP) is 2.47. The van der Waals surface area contributed by atoms with Gasteiger partial charge in [0.15, 0.2) is 0 Å². The van der Waals surface area contributed by atoms with Gasteiger partial charge in [0, 0.05) is 0 Å². The van der Waals surface area contributed by atoms with Crippen LogP contribution >= 0.6 is 12.4 Å². The third kappa shape index (κ3) is 2.97. The summed E-state index contributed by atoms with van der Waals surface area (Å²) in [6.45, 7) is 4.63. The van der Waals surface area contributed by atoms with Gasteiger partial charge >= 0.3 is 67.7 Å². The summed E-state index contributed by atoms with van der Waals surface area (Å²) in [5.41, 5.74) is 0. The number of rotatable bonds is 3. The first kappa shape index (κ1) is 11.8. The van der Waals surface area contributed by atoms with E-state index >= 15 is 0 Å². The molecule has 0 bridgehead atoms. The summed E-state index contributed by atoms with van der Waals surface area (Å²) in [7, 11) is 0. The summed E-state index contributed by atoms with van der Waals surface area (Å²) in [5.74, 6) is 0. The molecule has 0 aromatic rings. The number of aliphatic hydroxyl groups is 1. The summed E-state index contributed by atoms with van der Waals surface area (Å²) in [6.07, 6.45) is 2.32. The fourth-order valence-electron chi connectivity index (χ4n) is 1.60. The Hall–Kier alpha value is 0.808. The van der Waals surface area contributed by atoms with Crippen LogP contribution in [0.2, 0.25) is 15.1 Å². The molecule has 0 radical (unpaired) electrons.